The first-order valence-electron chi connectivity index (χ1n) is 10.8. The van der Waals surface area contributed by atoms with Crippen molar-refractivity contribution in [1.82, 2.24) is 9.47 Å². The number of hydrogen-bond acceptors (Lipinski definition) is 3. The fraction of sp³-hybridized carbons (Fsp3) is 0.111. The van der Waals surface area contributed by atoms with Gasteiger partial charge in [0.2, 0.25) is 0 Å². The number of nitrogens with zero attached hydrogens (tertiary/aromatic N) is 2. The number of rotatable bonds is 4. The summed E-state index contributed by atoms with van der Waals surface area (Å²) in [7, 11) is 0. The number of benzene rings is 3. The standard InChI is InChI=1S/C27H19BrCl2N2O2S/c1-15-12-17(16(2)32(15)24-11-10-21(28)18-6-3-4-7-19(18)24)13-25-26(33)31(27(34)35-25)14-20-22(29)8-5-9-23(20)30/h3-13H,14H2,1-2H3/b25-13-. The zero-order chi connectivity index (χ0) is 24.9. The summed E-state index contributed by atoms with van der Waals surface area (Å²) in [5.74, 6) is -0.352. The summed E-state index contributed by atoms with van der Waals surface area (Å²) in [6, 6.07) is 19.5. The van der Waals surface area contributed by atoms with Crippen molar-refractivity contribution in [3.05, 3.63) is 103 Å². The zero-order valence-electron chi connectivity index (χ0n) is 18.8. The SMILES string of the molecule is Cc1cc(/C=C2\SC(=O)N(Cc3c(Cl)cccc3Cl)C2=O)c(C)n1-c1ccc(Br)c2ccccc12. The number of hydrogen-bond donors (Lipinski definition) is 0. The van der Waals surface area contributed by atoms with Gasteiger partial charge in [0.1, 0.15) is 0 Å². The summed E-state index contributed by atoms with van der Waals surface area (Å²) in [6.45, 7) is 4.08. The number of imide groups is 1. The van der Waals surface area contributed by atoms with E-state index in [0.717, 1.165) is 49.6 Å². The Kier molecular flexibility index (Phi) is 6.57. The first kappa shape index (κ1) is 24.2. The normalized spacial score (nSPS) is 15.1. The predicted molar refractivity (Wildman–Crippen MR) is 148 cm³/mol. The van der Waals surface area contributed by atoms with Crippen LogP contribution in [0.3, 0.4) is 0 Å². The Morgan fingerprint density at radius 1 is 0.943 bits per heavy atom. The van der Waals surface area contributed by atoms with E-state index in [1.165, 1.54) is 4.90 Å². The van der Waals surface area contributed by atoms with E-state index in [1.807, 2.05) is 38.1 Å². The first-order valence-corrected chi connectivity index (χ1v) is 13.2. The molecule has 0 radical (unpaired) electrons. The van der Waals surface area contributed by atoms with Crippen LogP contribution in [-0.4, -0.2) is 20.6 Å². The maximum atomic E-state index is 13.2. The number of aromatic nitrogens is 1. The zero-order valence-corrected chi connectivity index (χ0v) is 22.7. The van der Waals surface area contributed by atoms with Crippen molar-refractivity contribution in [2.24, 2.45) is 0 Å². The maximum Gasteiger partial charge on any atom is 0.293 e. The molecule has 5 rings (SSSR count). The highest BCUT2D eigenvalue weighted by Crippen LogP contribution is 2.37. The van der Waals surface area contributed by atoms with Gasteiger partial charge in [-0.25, -0.2) is 0 Å². The fourth-order valence-corrected chi connectivity index (χ4v) is 6.19. The van der Waals surface area contributed by atoms with Crippen molar-refractivity contribution >= 4 is 78.9 Å². The van der Waals surface area contributed by atoms with Gasteiger partial charge in [-0.15, -0.1) is 0 Å². The van der Waals surface area contributed by atoms with Crippen LogP contribution in [0.2, 0.25) is 10.0 Å². The molecule has 0 bridgehead atoms. The lowest BCUT2D eigenvalue weighted by Crippen LogP contribution is -2.27. The number of halogens is 3. The number of thioether (sulfide) groups is 1. The van der Waals surface area contributed by atoms with E-state index >= 15 is 0 Å². The van der Waals surface area contributed by atoms with Gasteiger partial charge < -0.3 is 4.57 Å². The fourth-order valence-electron chi connectivity index (χ4n) is 4.36. The molecule has 2 amide bonds. The lowest BCUT2D eigenvalue weighted by atomic mass is 10.1. The minimum absolute atomic E-state index is 0.0322. The monoisotopic (exact) mass is 584 g/mol. The summed E-state index contributed by atoms with van der Waals surface area (Å²) in [4.78, 5) is 27.4. The van der Waals surface area contributed by atoms with Gasteiger partial charge in [0.25, 0.3) is 11.1 Å². The van der Waals surface area contributed by atoms with Gasteiger partial charge in [-0.2, -0.15) is 0 Å². The second kappa shape index (κ2) is 9.51. The van der Waals surface area contributed by atoms with E-state index in [-0.39, 0.29) is 17.7 Å². The molecule has 1 aliphatic heterocycles. The summed E-state index contributed by atoms with van der Waals surface area (Å²) < 4.78 is 3.21. The van der Waals surface area contributed by atoms with Gasteiger partial charge in [-0.1, -0.05) is 69.5 Å². The molecule has 0 saturated carbocycles. The molecule has 4 nitrogen and oxygen atoms in total. The summed E-state index contributed by atoms with van der Waals surface area (Å²) >= 11 is 17.1. The average molecular weight is 586 g/mol. The van der Waals surface area contributed by atoms with Crippen molar-refractivity contribution in [3.8, 4) is 5.69 Å². The molecule has 35 heavy (non-hydrogen) atoms. The van der Waals surface area contributed by atoms with Crippen LogP contribution in [0.4, 0.5) is 4.79 Å². The Balaban J connectivity index is 1.51. The molecule has 0 spiro atoms. The highest BCUT2D eigenvalue weighted by atomic mass is 79.9. The van der Waals surface area contributed by atoms with Gasteiger partial charge in [-0.05, 0) is 73.0 Å². The molecule has 0 unspecified atom stereocenters. The maximum absolute atomic E-state index is 13.2. The molecule has 1 fully saturated rings. The number of amides is 2. The molecule has 3 aromatic carbocycles. The van der Waals surface area contributed by atoms with Crippen LogP contribution >= 0.6 is 50.9 Å². The molecule has 176 valence electrons. The third-order valence-electron chi connectivity index (χ3n) is 6.10. The Labute approximate surface area is 225 Å². The topological polar surface area (TPSA) is 42.3 Å². The Morgan fingerprint density at radius 3 is 2.34 bits per heavy atom. The van der Waals surface area contributed by atoms with Crippen LogP contribution in [0.5, 0.6) is 0 Å². The van der Waals surface area contributed by atoms with Gasteiger partial charge >= 0.3 is 0 Å². The van der Waals surface area contributed by atoms with E-state index < -0.39 is 0 Å². The van der Waals surface area contributed by atoms with Gasteiger partial charge in [0.15, 0.2) is 0 Å². The molecule has 8 heteroatoms. The smallest absolute Gasteiger partial charge is 0.293 e. The Hall–Kier alpha value is -2.51. The summed E-state index contributed by atoms with van der Waals surface area (Å²) in [5, 5.41) is 2.74. The Bertz CT molecular complexity index is 1540. The molecular formula is C27H19BrCl2N2O2S. The van der Waals surface area contributed by atoms with Crippen LogP contribution in [0.15, 0.2) is 70.0 Å². The minimum Gasteiger partial charge on any atom is -0.317 e. The van der Waals surface area contributed by atoms with Gasteiger partial charge in [0.05, 0.1) is 17.1 Å². The highest BCUT2D eigenvalue weighted by molar-refractivity contribution is 9.10. The van der Waals surface area contributed by atoms with Gasteiger partial charge in [-0.3, -0.25) is 14.5 Å². The molecular weight excluding hydrogens is 567 g/mol. The molecule has 0 N–H and O–H groups in total. The lowest BCUT2D eigenvalue weighted by molar-refractivity contribution is -0.123. The van der Waals surface area contributed by atoms with E-state index in [1.54, 1.807) is 24.3 Å². The predicted octanol–water partition coefficient (Wildman–Crippen LogP) is 8.55. The quantitative estimate of drug-likeness (QED) is 0.225. The van der Waals surface area contributed by atoms with Crippen molar-refractivity contribution in [3.63, 3.8) is 0 Å². The molecule has 1 aliphatic rings. The average Bonchev–Trinajstić information content (AvgIpc) is 3.25. The third kappa shape index (κ3) is 4.33. The van der Waals surface area contributed by atoms with E-state index in [0.29, 0.717) is 20.5 Å². The molecule has 1 aromatic heterocycles. The molecule has 0 atom stereocenters. The molecule has 4 aromatic rings. The second-order valence-corrected chi connectivity index (χ2v) is 10.9. The Morgan fingerprint density at radius 2 is 1.63 bits per heavy atom. The number of carbonyl (C=O) groups is 2. The number of carbonyl (C=O) groups excluding carboxylic acids is 2. The van der Waals surface area contributed by atoms with Crippen LogP contribution in [-0.2, 0) is 11.3 Å². The van der Waals surface area contributed by atoms with Crippen LogP contribution in [0.1, 0.15) is 22.5 Å². The number of aryl methyl sites for hydroxylation is 1. The first-order chi connectivity index (χ1) is 16.8. The third-order valence-corrected chi connectivity index (χ3v) is 8.40. The van der Waals surface area contributed by atoms with E-state index in [4.69, 9.17) is 23.2 Å². The van der Waals surface area contributed by atoms with E-state index in [9.17, 15) is 9.59 Å². The van der Waals surface area contributed by atoms with Crippen molar-refractivity contribution in [1.29, 1.82) is 0 Å². The second-order valence-electron chi connectivity index (χ2n) is 8.24. The molecule has 2 heterocycles. The lowest BCUT2D eigenvalue weighted by Gasteiger charge is -2.15. The minimum atomic E-state index is -0.352. The molecule has 1 saturated heterocycles. The summed E-state index contributed by atoms with van der Waals surface area (Å²) in [5.41, 5.74) is 4.51. The van der Waals surface area contributed by atoms with Crippen LogP contribution in [0, 0.1) is 13.8 Å². The van der Waals surface area contributed by atoms with E-state index in [2.05, 4.69) is 38.7 Å². The largest absolute Gasteiger partial charge is 0.317 e. The van der Waals surface area contributed by atoms with Crippen LogP contribution < -0.4 is 0 Å². The van der Waals surface area contributed by atoms with Crippen LogP contribution in [0.25, 0.3) is 22.5 Å². The van der Waals surface area contributed by atoms with Crippen molar-refractivity contribution in [2.75, 3.05) is 0 Å². The number of fused-ring (bicyclic) bond motifs is 1. The van der Waals surface area contributed by atoms with Crippen molar-refractivity contribution in [2.45, 2.75) is 20.4 Å². The van der Waals surface area contributed by atoms with Gasteiger partial charge in [0, 0.05) is 36.9 Å². The highest BCUT2D eigenvalue weighted by Gasteiger charge is 2.36. The van der Waals surface area contributed by atoms with Crippen molar-refractivity contribution < 1.29 is 9.59 Å². The molecule has 0 aliphatic carbocycles. The summed E-state index contributed by atoms with van der Waals surface area (Å²) in [6.07, 6.45) is 1.79.